The lowest BCUT2D eigenvalue weighted by molar-refractivity contribution is 0.220. The minimum Gasteiger partial charge on any atom is -0.384 e. The molecule has 3 rings (SSSR count). The van der Waals surface area contributed by atoms with E-state index in [1.807, 2.05) is 54.6 Å². The van der Waals surface area contributed by atoms with Gasteiger partial charge in [-0.1, -0.05) is 60.7 Å². The highest BCUT2D eigenvalue weighted by Crippen LogP contribution is 2.26. The summed E-state index contributed by atoms with van der Waals surface area (Å²) >= 11 is 0. The summed E-state index contributed by atoms with van der Waals surface area (Å²) < 4.78 is 13.0. The van der Waals surface area contributed by atoms with Crippen molar-refractivity contribution in [2.24, 2.45) is 0 Å². The Balaban J connectivity index is 1.94. The molecule has 0 spiro atoms. The van der Waals surface area contributed by atoms with E-state index in [1.54, 1.807) is 12.1 Å². The van der Waals surface area contributed by atoms with Crippen LogP contribution in [0, 0.1) is 5.82 Å². The molecule has 0 radical (unpaired) electrons. The fraction of sp³-hybridized carbons (Fsp3) is 0.0526. The second-order valence-corrected chi connectivity index (χ2v) is 4.95. The summed E-state index contributed by atoms with van der Waals surface area (Å²) in [5, 5.41) is 10.4. The zero-order valence-electron chi connectivity index (χ0n) is 11.4. The SMILES string of the molecule is OC(c1ccc(F)cc1)c1cccc(-c2ccccc2)c1. The Labute approximate surface area is 123 Å². The van der Waals surface area contributed by atoms with Crippen LogP contribution in [-0.2, 0) is 0 Å². The molecule has 2 heteroatoms. The highest BCUT2D eigenvalue weighted by Gasteiger charge is 2.11. The predicted octanol–water partition coefficient (Wildman–Crippen LogP) is 4.57. The number of halogens is 1. The first-order valence-electron chi connectivity index (χ1n) is 6.83. The number of hydrogen-bond donors (Lipinski definition) is 1. The third-order valence-electron chi connectivity index (χ3n) is 3.50. The quantitative estimate of drug-likeness (QED) is 0.743. The van der Waals surface area contributed by atoms with Gasteiger partial charge in [0.1, 0.15) is 11.9 Å². The van der Waals surface area contributed by atoms with E-state index in [2.05, 4.69) is 0 Å². The standard InChI is InChI=1S/C19H15FO/c20-18-11-9-15(10-12-18)19(21)17-8-4-7-16(13-17)14-5-2-1-3-6-14/h1-13,19,21H. The minimum atomic E-state index is -0.755. The molecule has 3 aromatic carbocycles. The van der Waals surface area contributed by atoms with Crippen LogP contribution in [0.4, 0.5) is 4.39 Å². The number of aliphatic hydroxyl groups is 1. The summed E-state index contributed by atoms with van der Waals surface area (Å²) in [6.45, 7) is 0. The molecule has 21 heavy (non-hydrogen) atoms. The summed E-state index contributed by atoms with van der Waals surface area (Å²) in [5.74, 6) is -0.302. The van der Waals surface area contributed by atoms with Gasteiger partial charge in [0.2, 0.25) is 0 Å². The minimum absolute atomic E-state index is 0.302. The molecular formula is C19H15FO. The molecule has 1 nitrogen and oxygen atoms in total. The molecule has 104 valence electrons. The molecule has 0 fully saturated rings. The predicted molar refractivity (Wildman–Crippen MR) is 82.3 cm³/mol. The van der Waals surface area contributed by atoms with Crippen molar-refractivity contribution in [1.29, 1.82) is 0 Å². The second kappa shape index (κ2) is 5.90. The fourth-order valence-corrected chi connectivity index (χ4v) is 2.36. The first-order valence-corrected chi connectivity index (χ1v) is 6.83. The molecule has 0 aliphatic heterocycles. The van der Waals surface area contributed by atoms with Crippen molar-refractivity contribution in [2.75, 3.05) is 0 Å². The van der Waals surface area contributed by atoms with Gasteiger partial charge in [0.25, 0.3) is 0 Å². The zero-order chi connectivity index (χ0) is 14.7. The molecular weight excluding hydrogens is 263 g/mol. The summed E-state index contributed by atoms with van der Waals surface area (Å²) in [6, 6.07) is 23.7. The van der Waals surface area contributed by atoms with Gasteiger partial charge in [-0.15, -0.1) is 0 Å². The Morgan fingerprint density at radius 3 is 2.05 bits per heavy atom. The van der Waals surface area contributed by atoms with Crippen molar-refractivity contribution in [3.05, 3.63) is 95.8 Å². The maximum atomic E-state index is 13.0. The zero-order valence-corrected chi connectivity index (χ0v) is 11.4. The van der Waals surface area contributed by atoms with Crippen molar-refractivity contribution >= 4 is 0 Å². The smallest absolute Gasteiger partial charge is 0.123 e. The summed E-state index contributed by atoms with van der Waals surface area (Å²) in [4.78, 5) is 0. The molecule has 0 saturated heterocycles. The van der Waals surface area contributed by atoms with E-state index in [0.29, 0.717) is 5.56 Å². The van der Waals surface area contributed by atoms with E-state index < -0.39 is 6.10 Å². The van der Waals surface area contributed by atoms with Gasteiger partial charge < -0.3 is 5.11 Å². The van der Waals surface area contributed by atoms with Gasteiger partial charge in [0.05, 0.1) is 0 Å². The van der Waals surface area contributed by atoms with Crippen LogP contribution in [-0.4, -0.2) is 5.11 Å². The van der Waals surface area contributed by atoms with Gasteiger partial charge in [0.15, 0.2) is 0 Å². The van der Waals surface area contributed by atoms with Crippen molar-refractivity contribution in [2.45, 2.75) is 6.10 Å². The Hall–Kier alpha value is -2.45. The highest BCUT2D eigenvalue weighted by atomic mass is 19.1. The van der Waals surface area contributed by atoms with Crippen LogP contribution in [0.5, 0.6) is 0 Å². The number of aliphatic hydroxyl groups excluding tert-OH is 1. The van der Waals surface area contributed by atoms with E-state index in [9.17, 15) is 9.50 Å². The molecule has 0 bridgehead atoms. The summed E-state index contributed by atoms with van der Waals surface area (Å²) in [6.07, 6.45) is -0.755. The van der Waals surface area contributed by atoms with E-state index in [1.165, 1.54) is 12.1 Å². The van der Waals surface area contributed by atoms with E-state index in [0.717, 1.165) is 16.7 Å². The molecule has 3 aromatic rings. The number of rotatable bonds is 3. The normalized spacial score (nSPS) is 12.1. The van der Waals surface area contributed by atoms with E-state index >= 15 is 0 Å². The average molecular weight is 278 g/mol. The van der Waals surface area contributed by atoms with Crippen molar-refractivity contribution < 1.29 is 9.50 Å². The summed E-state index contributed by atoms with van der Waals surface area (Å²) in [5.41, 5.74) is 3.63. The third-order valence-corrected chi connectivity index (χ3v) is 3.50. The van der Waals surface area contributed by atoms with Gasteiger partial charge in [-0.05, 0) is 40.5 Å². The molecule has 1 atom stereocenters. The van der Waals surface area contributed by atoms with E-state index in [4.69, 9.17) is 0 Å². The third kappa shape index (κ3) is 3.01. The van der Waals surface area contributed by atoms with Gasteiger partial charge in [0, 0.05) is 0 Å². The van der Waals surface area contributed by atoms with Crippen LogP contribution in [0.15, 0.2) is 78.9 Å². The molecule has 0 saturated carbocycles. The van der Waals surface area contributed by atoms with Crippen LogP contribution in [0.3, 0.4) is 0 Å². The Kier molecular flexibility index (Phi) is 3.80. The van der Waals surface area contributed by atoms with Crippen LogP contribution in [0.1, 0.15) is 17.2 Å². The Morgan fingerprint density at radius 2 is 1.33 bits per heavy atom. The monoisotopic (exact) mass is 278 g/mol. The largest absolute Gasteiger partial charge is 0.384 e. The van der Waals surface area contributed by atoms with Crippen molar-refractivity contribution in [3.8, 4) is 11.1 Å². The maximum Gasteiger partial charge on any atom is 0.123 e. The second-order valence-electron chi connectivity index (χ2n) is 4.95. The first kappa shape index (κ1) is 13.5. The lowest BCUT2D eigenvalue weighted by Crippen LogP contribution is -1.99. The van der Waals surface area contributed by atoms with Gasteiger partial charge >= 0.3 is 0 Å². The summed E-state index contributed by atoms with van der Waals surface area (Å²) in [7, 11) is 0. The molecule has 1 N–H and O–H groups in total. The number of hydrogen-bond acceptors (Lipinski definition) is 1. The maximum absolute atomic E-state index is 13.0. The van der Waals surface area contributed by atoms with Gasteiger partial charge in [-0.2, -0.15) is 0 Å². The Bertz CT molecular complexity index is 720. The van der Waals surface area contributed by atoms with Crippen LogP contribution >= 0.6 is 0 Å². The molecule has 0 amide bonds. The van der Waals surface area contributed by atoms with E-state index in [-0.39, 0.29) is 5.82 Å². The lowest BCUT2D eigenvalue weighted by atomic mass is 9.97. The van der Waals surface area contributed by atoms with Crippen LogP contribution in [0.2, 0.25) is 0 Å². The van der Waals surface area contributed by atoms with Crippen molar-refractivity contribution in [1.82, 2.24) is 0 Å². The Morgan fingerprint density at radius 1 is 0.667 bits per heavy atom. The van der Waals surface area contributed by atoms with Crippen LogP contribution in [0.25, 0.3) is 11.1 Å². The van der Waals surface area contributed by atoms with Crippen LogP contribution < -0.4 is 0 Å². The molecule has 0 heterocycles. The molecule has 1 unspecified atom stereocenters. The van der Waals surface area contributed by atoms with Gasteiger partial charge in [-0.3, -0.25) is 0 Å². The highest BCUT2D eigenvalue weighted by molar-refractivity contribution is 5.64. The van der Waals surface area contributed by atoms with Gasteiger partial charge in [-0.25, -0.2) is 4.39 Å². The average Bonchev–Trinajstić information content (AvgIpc) is 2.56. The fourth-order valence-electron chi connectivity index (χ4n) is 2.36. The number of benzene rings is 3. The van der Waals surface area contributed by atoms with Crippen molar-refractivity contribution in [3.63, 3.8) is 0 Å². The first-order chi connectivity index (χ1) is 10.2. The molecule has 0 aliphatic rings. The lowest BCUT2D eigenvalue weighted by Gasteiger charge is -2.13. The topological polar surface area (TPSA) is 20.2 Å². The molecule has 0 aliphatic carbocycles. The molecule has 0 aromatic heterocycles.